The molecule has 2 aromatic rings. The smallest absolute Gasteiger partial charge is 0.243 e. The van der Waals surface area contributed by atoms with Gasteiger partial charge in [-0.3, -0.25) is 14.4 Å². The molecule has 0 unspecified atom stereocenters. The topological polar surface area (TPSA) is 69.7 Å². The first kappa shape index (κ1) is 20.5. The van der Waals surface area contributed by atoms with Gasteiger partial charge in [-0.2, -0.15) is 0 Å². The fourth-order valence-corrected chi connectivity index (χ4v) is 3.43. The van der Waals surface area contributed by atoms with Crippen molar-refractivity contribution in [2.45, 2.75) is 12.8 Å². The lowest BCUT2D eigenvalue weighted by atomic mass is 10.1. The lowest BCUT2D eigenvalue weighted by Gasteiger charge is -2.21. The fourth-order valence-electron chi connectivity index (χ4n) is 3.43. The molecular weight excluding hydrogens is 373 g/mol. The Morgan fingerprint density at radius 2 is 1.93 bits per heavy atom. The number of halogens is 1. The highest BCUT2D eigenvalue weighted by Crippen LogP contribution is 2.20. The van der Waals surface area contributed by atoms with E-state index in [2.05, 4.69) is 5.32 Å². The Hall–Kier alpha value is -3.22. The van der Waals surface area contributed by atoms with Gasteiger partial charge in [0, 0.05) is 32.2 Å². The van der Waals surface area contributed by atoms with Crippen molar-refractivity contribution in [2.24, 2.45) is 5.92 Å². The van der Waals surface area contributed by atoms with E-state index in [0.717, 1.165) is 12.0 Å². The van der Waals surface area contributed by atoms with E-state index in [4.69, 9.17) is 0 Å². The van der Waals surface area contributed by atoms with Gasteiger partial charge in [-0.15, -0.1) is 0 Å². The molecule has 0 saturated carbocycles. The molecule has 29 heavy (non-hydrogen) atoms. The van der Waals surface area contributed by atoms with Crippen molar-refractivity contribution in [1.82, 2.24) is 9.80 Å². The summed E-state index contributed by atoms with van der Waals surface area (Å²) in [4.78, 5) is 40.1. The third-order valence-corrected chi connectivity index (χ3v) is 4.94. The van der Waals surface area contributed by atoms with Crippen LogP contribution < -0.4 is 5.32 Å². The largest absolute Gasteiger partial charge is 0.342 e. The minimum atomic E-state index is -0.453. The van der Waals surface area contributed by atoms with Gasteiger partial charge in [-0.25, -0.2) is 4.39 Å². The molecule has 1 fully saturated rings. The van der Waals surface area contributed by atoms with Gasteiger partial charge in [0.25, 0.3) is 0 Å². The summed E-state index contributed by atoms with van der Waals surface area (Å²) in [6.45, 7) is 0.765. The van der Waals surface area contributed by atoms with E-state index in [9.17, 15) is 18.8 Å². The molecule has 0 aromatic heterocycles. The first-order chi connectivity index (χ1) is 13.9. The Kier molecular flexibility index (Phi) is 6.59. The molecule has 1 N–H and O–H groups in total. The summed E-state index contributed by atoms with van der Waals surface area (Å²) in [7, 11) is 1.53. The lowest BCUT2D eigenvalue weighted by Crippen LogP contribution is -2.39. The van der Waals surface area contributed by atoms with Gasteiger partial charge in [-0.05, 0) is 30.2 Å². The number of rotatable bonds is 7. The third kappa shape index (κ3) is 5.63. The number of likely N-dealkylation sites (N-methyl/N-ethyl adjacent to an activating group) is 1. The van der Waals surface area contributed by atoms with Crippen molar-refractivity contribution in [3.05, 3.63) is 66.0 Å². The highest BCUT2D eigenvalue weighted by molar-refractivity contribution is 5.96. The van der Waals surface area contributed by atoms with Gasteiger partial charge in [-0.1, -0.05) is 36.4 Å². The minimum Gasteiger partial charge on any atom is -0.342 e. The van der Waals surface area contributed by atoms with E-state index in [1.807, 2.05) is 30.3 Å². The second-order valence-corrected chi connectivity index (χ2v) is 7.23. The summed E-state index contributed by atoms with van der Waals surface area (Å²) in [5, 5.41) is 2.56. The molecule has 0 spiro atoms. The number of amides is 3. The van der Waals surface area contributed by atoms with Crippen LogP contribution in [0.4, 0.5) is 10.1 Å². The number of likely N-dealkylation sites (tertiary alicyclic amines) is 1. The monoisotopic (exact) mass is 397 g/mol. The lowest BCUT2D eigenvalue weighted by molar-refractivity contribution is -0.137. The van der Waals surface area contributed by atoms with Crippen molar-refractivity contribution in [3.8, 4) is 0 Å². The zero-order chi connectivity index (χ0) is 20.8. The molecule has 2 aromatic carbocycles. The van der Waals surface area contributed by atoms with E-state index in [1.54, 1.807) is 11.0 Å². The predicted molar refractivity (Wildman–Crippen MR) is 107 cm³/mol. The van der Waals surface area contributed by atoms with Gasteiger partial charge in [0.05, 0.1) is 12.5 Å². The number of anilines is 1. The van der Waals surface area contributed by atoms with Gasteiger partial charge in [0.1, 0.15) is 5.82 Å². The number of nitrogens with zero attached hydrogens (tertiary/aromatic N) is 2. The van der Waals surface area contributed by atoms with Gasteiger partial charge >= 0.3 is 0 Å². The second kappa shape index (κ2) is 9.32. The number of nitrogens with one attached hydrogen (secondary N) is 1. The molecule has 3 amide bonds. The van der Waals surface area contributed by atoms with Crippen LogP contribution in [0.5, 0.6) is 0 Å². The SMILES string of the molecule is CN(CC(=O)Nc1cccc(F)c1)C(=O)[C@H]1CC(=O)N(CCc2ccccc2)C1. The number of benzene rings is 2. The average molecular weight is 397 g/mol. The normalized spacial score (nSPS) is 16.0. The molecule has 152 valence electrons. The zero-order valence-electron chi connectivity index (χ0n) is 16.3. The van der Waals surface area contributed by atoms with Gasteiger partial charge in [0.15, 0.2) is 0 Å². The van der Waals surface area contributed by atoms with Crippen LogP contribution in [0.15, 0.2) is 54.6 Å². The van der Waals surface area contributed by atoms with Crippen molar-refractivity contribution in [3.63, 3.8) is 0 Å². The summed E-state index contributed by atoms with van der Waals surface area (Å²) >= 11 is 0. The summed E-state index contributed by atoms with van der Waals surface area (Å²) in [5.74, 6) is -1.61. The Balaban J connectivity index is 1.49. The minimum absolute atomic E-state index is 0.0445. The average Bonchev–Trinajstić information content (AvgIpc) is 3.07. The van der Waals surface area contributed by atoms with Crippen molar-refractivity contribution >= 4 is 23.4 Å². The standard InChI is InChI=1S/C22H24FN3O3/c1-25(15-20(27)24-19-9-5-8-18(23)13-19)22(29)17-12-21(28)26(14-17)11-10-16-6-3-2-4-7-16/h2-9,13,17H,10-12,14-15H2,1H3,(H,24,27)/t17-/m0/s1. The van der Waals surface area contributed by atoms with Crippen LogP contribution in [0.3, 0.4) is 0 Å². The molecule has 0 aliphatic carbocycles. The summed E-state index contributed by atoms with van der Waals surface area (Å²) < 4.78 is 13.2. The summed E-state index contributed by atoms with van der Waals surface area (Å²) in [6, 6.07) is 15.4. The molecule has 7 heteroatoms. The van der Waals surface area contributed by atoms with E-state index >= 15 is 0 Å². The predicted octanol–water partition coefficient (Wildman–Crippen LogP) is 2.31. The number of carbonyl (C=O) groups excluding carboxylic acids is 3. The maximum absolute atomic E-state index is 13.2. The summed E-state index contributed by atoms with van der Waals surface area (Å²) in [6.07, 6.45) is 0.892. The Bertz CT molecular complexity index is 888. The maximum Gasteiger partial charge on any atom is 0.243 e. The van der Waals surface area contributed by atoms with Gasteiger partial charge < -0.3 is 15.1 Å². The molecule has 0 bridgehead atoms. The van der Waals surface area contributed by atoms with E-state index in [1.165, 1.54) is 30.1 Å². The molecule has 1 heterocycles. The van der Waals surface area contributed by atoms with Crippen LogP contribution in [0.1, 0.15) is 12.0 Å². The Morgan fingerprint density at radius 3 is 2.66 bits per heavy atom. The fraction of sp³-hybridized carbons (Fsp3) is 0.318. The molecule has 0 radical (unpaired) electrons. The molecule has 6 nitrogen and oxygen atoms in total. The van der Waals surface area contributed by atoms with Crippen molar-refractivity contribution in [2.75, 3.05) is 32.0 Å². The molecular formula is C22H24FN3O3. The van der Waals surface area contributed by atoms with Gasteiger partial charge in [0.2, 0.25) is 17.7 Å². The highest BCUT2D eigenvalue weighted by Gasteiger charge is 2.35. The molecule has 1 atom stereocenters. The first-order valence-corrected chi connectivity index (χ1v) is 9.54. The maximum atomic E-state index is 13.2. The Labute approximate surface area is 169 Å². The quantitative estimate of drug-likeness (QED) is 0.780. The van der Waals surface area contributed by atoms with Crippen LogP contribution in [0.2, 0.25) is 0 Å². The van der Waals surface area contributed by atoms with Crippen LogP contribution in [-0.2, 0) is 20.8 Å². The summed E-state index contributed by atoms with van der Waals surface area (Å²) in [5.41, 5.74) is 1.47. The Morgan fingerprint density at radius 1 is 1.17 bits per heavy atom. The van der Waals surface area contributed by atoms with Crippen LogP contribution >= 0.6 is 0 Å². The zero-order valence-corrected chi connectivity index (χ0v) is 16.3. The van der Waals surface area contributed by atoms with Crippen LogP contribution in [0, 0.1) is 11.7 Å². The van der Waals surface area contributed by atoms with E-state index in [-0.39, 0.29) is 24.8 Å². The van der Waals surface area contributed by atoms with Crippen LogP contribution in [0.25, 0.3) is 0 Å². The molecule has 3 rings (SSSR count). The number of carbonyl (C=O) groups is 3. The molecule has 1 aliphatic heterocycles. The third-order valence-electron chi connectivity index (χ3n) is 4.94. The highest BCUT2D eigenvalue weighted by atomic mass is 19.1. The van der Waals surface area contributed by atoms with Crippen LogP contribution in [-0.4, -0.2) is 54.2 Å². The molecule has 1 saturated heterocycles. The van der Waals surface area contributed by atoms with Crippen molar-refractivity contribution < 1.29 is 18.8 Å². The number of hydrogen-bond acceptors (Lipinski definition) is 3. The molecule has 1 aliphatic rings. The number of hydrogen-bond donors (Lipinski definition) is 1. The van der Waals surface area contributed by atoms with E-state index < -0.39 is 17.6 Å². The van der Waals surface area contributed by atoms with Crippen molar-refractivity contribution in [1.29, 1.82) is 0 Å². The second-order valence-electron chi connectivity index (χ2n) is 7.23. The van der Waals surface area contributed by atoms with E-state index in [0.29, 0.717) is 18.8 Å². The first-order valence-electron chi connectivity index (χ1n) is 9.54.